The van der Waals surface area contributed by atoms with Crippen LogP contribution in [-0.4, -0.2) is 46.4 Å². The Morgan fingerprint density at radius 2 is 1.36 bits per heavy atom. The first-order valence-corrected chi connectivity index (χ1v) is 8.37. The summed E-state index contributed by atoms with van der Waals surface area (Å²) in [5.41, 5.74) is 0.728. The second-order valence-electron chi connectivity index (χ2n) is 5.68. The summed E-state index contributed by atoms with van der Waals surface area (Å²) in [6.07, 6.45) is 0. The van der Waals surface area contributed by atoms with Crippen molar-refractivity contribution in [3.05, 3.63) is 30.3 Å². The third-order valence-electron chi connectivity index (χ3n) is 3.93. The van der Waals surface area contributed by atoms with E-state index in [-0.39, 0.29) is 0 Å². The Balaban J connectivity index is 1.71. The smallest absolute Gasteiger partial charge is 0.314 e. The lowest BCUT2D eigenvalue weighted by Gasteiger charge is -2.19. The van der Waals surface area contributed by atoms with Crippen LogP contribution < -0.4 is 34.3 Å². The Hall–Kier alpha value is -3.62. The number of hydrogen-bond donors (Lipinski definition) is 2. The van der Waals surface area contributed by atoms with Gasteiger partial charge in [0.15, 0.2) is 23.0 Å². The van der Waals surface area contributed by atoms with Crippen LogP contribution in [0.1, 0.15) is 0 Å². The third-order valence-corrected chi connectivity index (χ3v) is 3.93. The van der Waals surface area contributed by atoms with Crippen LogP contribution in [0, 0.1) is 0 Å². The van der Waals surface area contributed by atoms with E-state index in [0.29, 0.717) is 53.3 Å². The molecular formula is C19H20N2O7. The average Bonchev–Trinajstić information content (AvgIpc) is 2.72. The summed E-state index contributed by atoms with van der Waals surface area (Å²) in [7, 11) is 4.38. The van der Waals surface area contributed by atoms with Gasteiger partial charge in [0.2, 0.25) is 5.75 Å². The second-order valence-corrected chi connectivity index (χ2v) is 5.68. The van der Waals surface area contributed by atoms with Crippen LogP contribution in [0.5, 0.6) is 28.7 Å². The van der Waals surface area contributed by atoms with Gasteiger partial charge in [-0.05, 0) is 12.1 Å². The van der Waals surface area contributed by atoms with Crippen LogP contribution >= 0.6 is 0 Å². The number of ether oxygens (including phenoxy) is 5. The molecule has 0 unspecified atom stereocenters. The first-order chi connectivity index (χ1) is 13.5. The van der Waals surface area contributed by atoms with Crippen LogP contribution in [0.2, 0.25) is 0 Å². The Morgan fingerprint density at radius 1 is 0.786 bits per heavy atom. The molecule has 0 radical (unpaired) electrons. The van der Waals surface area contributed by atoms with Crippen LogP contribution in [0.25, 0.3) is 0 Å². The van der Waals surface area contributed by atoms with Crippen molar-refractivity contribution in [2.75, 3.05) is 45.2 Å². The summed E-state index contributed by atoms with van der Waals surface area (Å²) in [6, 6.07) is 7.94. The molecule has 1 aliphatic heterocycles. The normalized spacial score (nSPS) is 12.0. The van der Waals surface area contributed by atoms with Crippen molar-refractivity contribution in [1.82, 2.24) is 0 Å². The monoisotopic (exact) mass is 388 g/mol. The highest BCUT2D eigenvalue weighted by atomic mass is 16.6. The van der Waals surface area contributed by atoms with Gasteiger partial charge in [0.1, 0.15) is 13.2 Å². The number of rotatable bonds is 5. The summed E-state index contributed by atoms with van der Waals surface area (Å²) in [4.78, 5) is 24.5. The van der Waals surface area contributed by atoms with Crippen molar-refractivity contribution >= 4 is 23.2 Å². The van der Waals surface area contributed by atoms with Crippen molar-refractivity contribution < 1.29 is 33.3 Å². The minimum absolute atomic E-state index is 0.317. The highest BCUT2D eigenvalue weighted by Crippen LogP contribution is 2.40. The fourth-order valence-electron chi connectivity index (χ4n) is 2.65. The lowest BCUT2D eigenvalue weighted by atomic mass is 10.2. The number of benzene rings is 2. The molecule has 9 nitrogen and oxygen atoms in total. The third kappa shape index (κ3) is 4.03. The van der Waals surface area contributed by atoms with E-state index < -0.39 is 11.8 Å². The van der Waals surface area contributed by atoms with Crippen LogP contribution in [0.3, 0.4) is 0 Å². The molecule has 9 heteroatoms. The van der Waals surface area contributed by atoms with E-state index in [0.717, 1.165) is 0 Å². The van der Waals surface area contributed by atoms with E-state index >= 15 is 0 Å². The van der Waals surface area contributed by atoms with Crippen molar-refractivity contribution in [3.8, 4) is 28.7 Å². The fourth-order valence-corrected chi connectivity index (χ4v) is 2.65. The van der Waals surface area contributed by atoms with Crippen LogP contribution in [0.4, 0.5) is 11.4 Å². The quantitative estimate of drug-likeness (QED) is 0.756. The van der Waals surface area contributed by atoms with Gasteiger partial charge >= 0.3 is 11.8 Å². The lowest BCUT2D eigenvalue weighted by Crippen LogP contribution is -2.29. The Kier molecular flexibility index (Phi) is 5.73. The van der Waals surface area contributed by atoms with E-state index in [9.17, 15) is 9.59 Å². The average molecular weight is 388 g/mol. The van der Waals surface area contributed by atoms with Gasteiger partial charge in [-0.15, -0.1) is 0 Å². The van der Waals surface area contributed by atoms with Crippen molar-refractivity contribution in [2.24, 2.45) is 0 Å². The molecule has 0 atom stereocenters. The maximum Gasteiger partial charge on any atom is 0.314 e. The summed E-state index contributed by atoms with van der Waals surface area (Å²) in [5.74, 6) is 0.479. The topological polar surface area (TPSA) is 104 Å². The van der Waals surface area contributed by atoms with Crippen molar-refractivity contribution in [2.45, 2.75) is 0 Å². The fraction of sp³-hybridized carbons (Fsp3) is 0.263. The maximum absolute atomic E-state index is 12.3. The molecule has 148 valence electrons. The van der Waals surface area contributed by atoms with Gasteiger partial charge in [-0.25, -0.2) is 0 Å². The van der Waals surface area contributed by atoms with Gasteiger partial charge in [-0.2, -0.15) is 0 Å². The number of hydrogen-bond acceptors (Lipinski definition) is 7. The number of methoxy groups -OCH3 is 3. The molecule has 0 spiro atoms. The molecule has 28 heavy (non-hydrogen) atoms. The van der Waals surface area contributed by atoms with Gasteiger partial charge in [-0.3, -0.25) is 9.59 Å². The summed E-state index contributed by atoms with van der Waals surface area (Å²) in [5, 5.41) is 5.02. The van der Waals surface area contributed by atoms with E-state index in [4.69, 9.17) is 23.7 Å². The number of carbonyl (C=O) groups excluding carboxylic acids is 2. The standard InChI is InChI=1S/C19H20N2O7/c1-24-15-9-12(10-16(25-2)17(15)26-3)21-19(23)18(22)20-11-4-5-13-14(8-11)28-7-6-27-13/h4-5,8-10H,6-7H2,1-3H3,(H,20,22)(H,21,23). The number of anilines is 2. The molecular weight excluding hydrogens is 368 g/mol. The lowest BCUT2D eigenvalue weighted by molar-refractivity contribution is -0.133. The minimum Gasteiger partial charge on any atom is -0.493 e. The summed E-state index contributed by atoms with van der Waals surface area (Å²) in [6.45, 7) is 0.891. The van der Waals surface area contributed by atoms with Crippen LogP contribution in [0.15, 0.2) is 30.3 Å². The molecule has 1 aliphatic rings. The SMILES string of the molecule is COc1cc(NC(=O)C(=O)Nc2ccc3c(c2)OCCO3)cc(OC)c1OC. The number of carbonyl (C=O) groups is 2. The van der Waals surface area contributed by atoms with E-state index in [1.165, 1.54) is 33.5 Å². The molecule has 2 aromatic carbocycles. The van der Waals surface area contributed by atoms with E-state index in [2.05, 4.69) is 10.6 Å². The van der Waals surface area contributed by atoms with Crippen LogP contribution in [-0.2, 0) is 9.59 Å². The Labute approximate surface area is 161 Å². The zero-order chi connectivity index (χ0) is 20.1. The second kappa shape index (κ2) is 8.38. The molecule has 0 saturated carbocycles. The molecule has 0 saturated heterocycles. The predicted octanol–water partition coefficient (Wildman–Crippen LogP) is 2.06. The Bertz CT molecular complexity index is 873. The molecule has 2 aromatic rings. The molecule has 2 amide bonds. The van der Waals surface area contributed by atoms with E-state index in [1.807, 2.05) is 0 Å². The first-order valence-electron chi connectivity index (χ1n) is 8.37. The zero-order valence-electron chi connectivity index (χ0n) is 15.7. The van der Waals surface area contributed by atoms with Gasteiger partial charge in [0.05, 0.1) is 21.3 Å². The van der Waals surface area contributed by atoms with Gasteiger partial charge in [0, 0.05) is 29.6 Å². The highest BCUT2D eigenvalue weighted by molar-refractivity contribution is 6.43. The van der Waals surface area contributed by atoms with Crippen molar-refractivity contribution in [1.29, 1.82) is 0 Å². The molecule has 1 heterocycles. The molecule has 0 fully saturated rings. The summed E-state index contributed by atoms with van der Waals surface area (Å²) >= 11 is 0. The summed E-state index contributed by atoms with van der Waals surface area (Å²) < 4.78 is 26.6. The van der Waals surface area contributed by atoms with Gasteiger partial charge < -0.3 is 34.3 Å². The van der Waals surface area contributed by atoms with Gasteiger partial charge in [-0.1, -0.05) is 0 Å². The largest absolute Gasteiger partial charge is 0.493 e. The maximum atomic E-state index is 12.3. The van der Waals surface area contributed by atoms with Gasteiger partial charge in [0.25, 0.3) is 0 Å². The molecule has 3 rings (SSSR count). The molecule has 0 bridgehead atoms. The number of nitrogens with one attached hydrogen (secondary N) is 2. The molecule has 0 aromatic heterocycles. The minimum atomic E-state index is -0.857. The zero-order valence-corrected chi connectivity index (χ0v) is 15.7. The Morgan fingerprint density at radius 3 is 1.93 bits per heavy atom. The predicted molar refractivity (Wildman–Crippen MR) is 101 cm³/mol. The van der Waals surface area contributed by atoms with Crippen molar-refractivity contribution in [3.63, 3.8) is 0 Å². The number of amides is 2. The number of fused-ring (bicyclic) bond motifs is 1. The highest BCUT2D eigenvalue weighted by Gasteiger charge is 2.19. The first kappa shape index (κ1) is 19.2. The van der Waals surface area contributed by atoms with E-state index in [1.54, 1.807) is 18.2 Å². The molecule has 0 aliphatic carbocycles. The molecule has 2 N–H and O–H groups in total.